The van der Waals surface area contributed by atoms with E-state index in [-0.39, 0.29) is 0 Å². The minimum Gasteiger partial charge on any atom is -0.0736 e. The molecule has 0 aliphatic heterocycles. The zero-order chi connectivity index (χ0) is 8.06. The van der Waals surface area contributed by atoms with E-state index in [1.165, 1.54) is 12.8 Å². The summed E-state index contributed by atoms with van der Waals surface area (Å²) in [5.74, 6) is 0.704. The Kier molecular flexibility index (Phi) is 1.30. The summed E-state index contributed by atoms with van der Waals surface area (Å²) in [4.78, 5) is 0. The van der Waals surface area contributed by atoms with Crippen molar-refractivity contribution in [1.29, 1.82) is 0 Å². The molecule has 0 saturated heterocycles. The number of hydrogen-bond donors (Lipinski definition) is 0. The van der Waals surface area contributed by atoms with Gasteiger partial charge in [0, 0.05) is 5.92 Å². The maximum Gasteiger partial charge on any atom is 0.000696 e. The van der Waals surface area contributed by atoms with Gasteiger partial charge in [0.25, 0.3) is 0 Å². The summed E-state index contributed by atoms with van der Waals surface area (Å²) in [5, 5.41) is 0. The van der Waals surface area contributed by atoms with Crippen molar-refractivity contribution in [3.05, 3.63) is 23.3 Å². The van der Waals surface area contributed by atoms with Crippen LogP contribution >= 0.6 is 0 Å². The second-order valence-corrected chi connectivity index (χ2v) is 4.78. The predicted octanol–water partition coefficient (Wildman–Crippen LogP) is 3.31. The highest BCUT2D eigenvalue weighted by molar-refractivity contribution is 5.46. The maximum absolute atomic E-state index is 2.46. The average Bonchev–Trinajstić information content (AvgIpc) is 2.06. The van der Waals surface area contributed by atoms with Gasteiger partial charge in [0.2, 0.25) is 0 Å². The van der Waals surface area contributed by atoms with E-state index in [0.717, 1.165) is 0 Å². The van der Waals surface area contributed by atoms with Gasteiger partial charge in [0.05, 0.1) is 0 Å². The summed E-state index contributed by atoms with van der Waals surface area (Å²) in [7, 11) is 0. The lowest BCUT2D eigenvalue weighted by atomic mass is 9.82. The van der Waals surface area contributed by atoms with Gasteiger partial charge in [-0.15, -0.1) is 0 Å². The smallest absolute Gasteiger partial charge is 0.000696 e. The molecular formula is C11H16. The van der Waals surface area contributed by atoms with Crippen LogP contribution < -0.4 is 0 Å². The average molecular weight is 148 g/mol. The number of fused-ring (bicyclic) bond motifs is 1. The Labute approximate surface area is 69.0 Å². The van der Waals surface area contributed by atoms with Crippen LogP contribution in [-0.4, -0.2) is 0 Å². The van der Waals surface area contributed by atoms with E-state index in [9.17, 15) is 0 Å². The summed E-state index contributed by atoms with van der Waals surface area (Å²) in [6, 6.07) is 0. The molecular weight excluding hydrogens is 132 g/mol. The molecule has 0 heteroatoms. The van der Waals surface area contributed by atoms with Crippen LogP contribution in [0.25, 0.3) is 0 Å². The molecule has 0 aromatic rings. The summed E-state index contributed by atoms with van der Waals surface area (Å²) in [5.41, 5.74) is 3.69. The predicted molar refractivity (Wildman–Crippen MR) is 48.3 cm³/mol. The molecule has 0 aromatic carbocycles. The van der Waals surface area contributed by atoms with Gasteiger partial charge in [0.1, 0.15) is 0 Å². The molecule has 0 N–H and O–H groups in total. The molecule has 2 aliphatic carbocycles. The highest BCUT2D eigenvalue weighted by atomic mass is 14.3. The minimum absolute atomic E-state index is 0.428. The molecule has 2 aliphatic rings. The molecule has 0 amide bonds. The third-order valence-corrected chi connectivity index (χ3v) is 2.84. The van der Waals surface area contributed by atoms with E-state index in [0.29, 0.717) is 11.3 Å². The lowest BCUT2D eigenvalue weighted by Crippen LogP contribution is -2.14. The van der Waals surface area contributed by atoms with E-state index >= 15 is 0 Å². The van der Waals surface area contributed by atoms with Gasteiger partial charge in [-0.2, -0.15) is 0 Å². The van der Waals surface area contributed by atoms with Crippen molar-refractivity contribution in [2.75, 3.05) is 0 Å². The number of hydrogen-bond acceptors (Lipinski definition) is 0. The van der Waals surface area contributed by atoms with Crippen molar-refractivity contribution in [3.8, 4) is 0 Å². The highest BCUT2D eigenvalue weighted by Crippen LogP contribution is 2.44. The molecule has 0 bridgehead atoms. The summed E-state index contributed by atoms with van der Waals surface area (Å²) >= 11 is 0. The van der Waals surface area contributed by atoms with Crippen LogP contribution in [0.2, 0.25) is 0 Å². The minimum atomic E-state index is 0.428. The second-order valence-electron chi connectivity index (χ2n) is 4.78. The summed E-state index contributed by atoms with van der Waals surface area (Å²) in [6.07, 6.45) is 7.58. The van der Waals surface area contributed by atoms with Crippen molar-refractivity contribution in [2.24, 2.45) is 11.3 Å². The third kappa shape index (κ3) is 1.05. The normalized spacial score (nSPS) is 23.9. The lowest BCUT2D eigenvalue weighted by Gasteiger charge is -2.23. The van der Waals surface area contributed by atoms with Gasteiger partial charge in [0.15, 0.2) is 0 Å². The molecule has 1 saturated carbocycles. The molecule has 0 heterocycles. The molecule has 0 spiro atoms. The first-order valence-corrected chi connectivity index (χ1v) is 4.49. The van der Waals surface area contributed by atoms with E-state index in [1.807, 2.05) is 0 Å². The van der Waals surface area contributed by atoms with Crippen molar-refractivity contribution in [2.45, 2.75) is 33.6 Å². The lowest BCUT2D eigenvalue weighted by molar-refractivity contribution is 0.346. The Morgan fingerprint density at radius 1 is 1.09 bits per heavy atom. The molecule has 11 heavy (non-hydrogen) atoms. The van der Waals surface area contributed by atoms with Crippen LogP contribution in [0, 0.1) is 11.3 Å². The van der Waals surface area contributed by atoms with Crippen molar-refractivity contribution < 1.29 is 0 Å². The van der Waals surface area contributed by atoms with E-state index in [4.69, 9.17) is 0 Å². The third-order valence-electron chi connectivity index (χ3n) is 2.84. The molecule has 0 aromatic heterocycles. The highest BCUT2D eigenvalue weighted by Gasteiger charge is 2.30. The Morgan fingerprint density at radius 3 is 1.82 bits per heavy atom. The maximum atomic E-state index is 2.46. The number of rotatable bonds is 0. The first-order chi connectivity index (χ1) is 5.07. The molecule has 1 fully saturated rings. The molecule has 60 valence electrons. The monoisotopic (exact) mass is 148 g/mol. The standard InChI is InChI=1S/C11H16/c1-11(2,3)10-6-8-4-5-9(8)7-10/h6-7,10H,4-5H2,1-3H3. The van der Waals surface area contributed by atoms with Gasteiger partial charge in [-0.25, -0.2) is 0 Å². The summed E-state index contributed by atoms with van der Waals surface area (Å²) < 4.78 is 0. The van der Waals surface area contributed by atoms with Crippen LogP contribution in [-0.2, 0) is 0 Å². The fourth-order valence-corrected chi connectivity index (χ4v) is 1.78. The van der Waals surface area contributed by atoms with Crippen LogP contribution in [0.4, 0.5) is 0 Å². The van der Waals surface area contributed by atoms with Gasteiger partial charge >= 0.3 is 0 Å². The SMILES string of the molecule is CC(C)(C)C1C=C2CCC2=C1. The zero-order valence-corrected chi connectivity index (χ0v) is 7.65. The summed E-state index contributed by atoms with van der Waals surface area (Å²) in [6.45, 7) is 6.95. The van der Waals surface area contributed by atoms with E-state index in [2.05, 4.69) is 32.9 Å². The first-order valence-electron chi connectivity index (χ1n) is 4.49. The van der Waals surface area contributed by atoms with Crippen molar-refractivity contribution in [3.63, 3.8) is 0 Å². The Bertz CT molecular complexity index is 215. The molecule has 2 rings (SSSR count). The van der Waals surface area contributed by atoms with E-state index in [1.54, 1.807) is 11.1 Å². The molecule has 0 unspecified atom stereocenters. The van der Waals surface area contributed by atoms with Gasteiger partial charge in [-0.1, -0.05) is 32.9 Å². The van der Waals surface area contributed by atoms with E-state index < -0.39 is 0 Å². The molecule has 0 atom stereocenters. The van der Waals surface area contributed by atoms with Crippen molar-refractivity contribution >= 4 is 0 Å². The Hall–Kier alpha value is -0.520. The van der Waals surface area contributed by atoms with Gasteiger partial charge in [-0.05, 0) is 29.4 Å². The largest absolute Gasteiger partial charge is 0.0736 e. The van der Waals surface area contributed by atoms with Crippen LogP contribution in [0.15, 0.2) is 23.3 Å². The Balaban J connectivity index is 2.22. The molecule has 0 nitrogen and oxygen atoms in total. The fourth-order valence-electron chi connectivity index (χ4n) is 1.78. The van der Waals surface area contributed by atoms with Crippen molar-refractivity contribution in [1.82, 2.24) is 0 Å². The molecule has 0 radical (unpaired) electrons. The number of allylic oxidation sites excluding steroid dienone is 4. The zero-order valence-electron chi connectivity index (χ0n) is 7.65. The Morgan fingerprint density at radius 2 is 1.55 bits per heavy atom. The second kappa shape index (κ2) is 2.00. The topological polar surface area (TPSA) is 0 Å². The van der Waals surface area contributed by atoms with Gasteiger partial charge < -0.3 is 0 Å². The van der Waals surface area contributed by atoms with Gasteiger partial charge in [-0.3, -0.25) is 0 Å². The van der Waals surface area contributed by atoms with Crippen LogP contribution in [0.3, 0.4) is 0 Å². The van der Waals surface area contributed by atoms with Crippen LogP contribution in [0.1, 0.15) is 33.6 Å². The van der Waals surface area contributed by atoms with Crippen LogP contribution in [0.5, 0.6) is 0 Å². The first kappa shape index (κ1) is 7.15. The quantitative estimate of drug-likeness (QED) is 0.494. The fraction of sp³-hybridized carbons (Fsp3) is 0.636.